The van der Waals surface area contributed by atoms with Crippen LogP contribution in [0.4, 0.5) is 17.1 Å². The summed E-state index contributed by atoms with van der Waals surface area (Å²) in [4.78, 5) is 29.1. The maximum Gasteiger partial charge on any atom is 0.294 e. The van der Waals surface area contributed by atoms with Gasteiger partial charge in [0, 0.05) is 27.1 Å². The Balaban J connectivity index is 1.61. The minimum absolute atomic E-state index is 0.0433. The van der Waals surface area contributed by atoms with Crippen molar-refractivity contribution in [2.75, 3.05) is 28.4 Å². The maximum absolute atomic E-state index is 13.2. The van der Waals surface area contributed by atoms with Gasteiger partial charge in [0.15, 0.2) is 5.76 Å². The number of hydrogen-bond donors (Lipinski definition) is 1. The van der Waals surface area contributed by atoms with E-state index in [0.717, 1.165) is 29.0 Å². The van der Waals surface area contributed by atoms with Crippen molar-refractivity contribution in [1.29, 1.82) is 0 Å². The molecule has 31 heavy (non-hydrogen) atoms. The summed E-state index contributed by atoms with van der Waals surface area (Å²) in [5, 5.41) is 2.02. The summed E-state index contributed by atoms with van der Waals surface area (Å²) in [6.45, 7) is 4.69. The predicted octanol–water partition coefficient (Wildman–Crippen LogP) is 3.80. The van der Waals surface area contributed by atoms with Gasteiger partial charge in [0.25, 0.3) is 5.91 Å². The molecule has 2 aliphatic rings. The Labute approximate surface area is 180 Å². The van der Waals surface area contributed by atoms with Crippen molar-refractivity contribution in [3.8, 4) is 11.1 Å². The highest BCUT2D eigenvalue weighted by Crippen LogP contribution is 2.40. The van der Waals surface area contributed by atoms with Crippen molar-refractivity contribution in [2.45, 2.75) is 26.4 Å². The molecule has 0 saturated carbocycles. The first kappa shape index (κ1) is 19.4. The third-order valence-electron chi connectivity index (χ3n) is 6.01. The van der Waals surface area contributed by atoms with Gasteiger partial charge in [-0.05, 0) is 60.0 Å². The lowest BCUT2D eigenvalue weighted by Crippen LogP contribution is -2.51. The summed E-state index contributed by atoms with van der Waals surface area (Å²) in [6, 6.07) is 15.5. The van der Waals surface area contributed by atoms with Crippen LogP contribution >= 0.6 is 0 Å². The van der Waals surface area contributed by atoms with Gasteiger partial charge in [-0.25, -0.2) is 5.43 Å². The molecule has 1 aromatic heterocycles. The van der Waals surface area contributed by atoms with Crippen LogP contribution in [0, 0.1) is 0 Å². The van der Waals surface area contributed by atoms with Gasteiger partial charge < -0.3 is 19.2 Å². The molecule has 2 amide bonds. The van der Waals surface area contributed by atoms with Crippen molar-refractivity contribution < 1.29 is 14.0 Å². The quantitative estimate of drug-likeness (QED) is 0.688. The van der Waals surface area contributed by atoms with E-state index >= 15 is 0 Å². The summed E-state index contributed by atoms with van der Waals surface area (Å²) in [5.74, 6) is 0.0305. The van der Waals surface area contributed by atoms with Gasteiger partial charge >= 0.3 is 0 Å². The molecule has 0 saturated heterocycles. The first-order valence-corrected chi connectivity index (χ1v) is 10.3. The minimum Gasteiger partial charge on any atom is -0.459 e. The summed E-state index contributed by atoms with van der Waals surface area (Å²) in [5.41, 5.74) is 9.19. The highest BCUT2D eigenvalue weighted by atomic mass is 16.3. The highest BCUT2D eigenvalue weighted by Gasteiger charge is 2.35. The first-order chi connectivity index (χ1) is 14.9. The number of furan rings is 1. The fourth-order valence-corrected chi connectivity index (χ4v) is 4.53. The second kappa shape index (κ2) is 7.28. The van der Waals surface area contributed by atoms with Crippen LogP contribution in [-0.2, 0) is 11.3 Å². The Morgan fingerprint density at radius 2 is 1.77 bits per heavy atom. The van der Waals surface area contributed by atoms with Crippen molar-refractivity contribution in [3.05, 3.63) is 66.1 Å². The maximum atomic E-state index is 13.2. The van der Waals surface area contributed by atoms with Crippen LogP contribution < -0.4 is 20.2 Å². The summed E-state index contributed by atoms with van der Waals surface area (Å²) in [6.07, 6.45) is 1.50. The van der Waals surface area contributed by atoms with Gasteiger partial charge in [-0.15, -0.1) is 0 Å². The third kappa shape index (κ3) is 3.18. The van der Waals surface area contributed by atoms with E-state index in [4.69, 9.17) is 4.42 Å². The van der Waals surface area contributed by atoms with Crippen molar-refractivity contribution in [1.82, 2.24) is 5.43 Å². The number of rotatable bonds is 2. The topological polar surface area (TPSA) is 69.0 Å². The fraction of sp³-hybridized carbons (Fsp3) is 0.250. The number of nitrogens with one attached hydrogen (secondary N) is 1. The molecule has 5 rings (SSSR count). The van der Waals surface area contributed by atoms with Crippen molar-refractivity contribution in [3.63, 3.8) is 0 Å². The van der Waals surface area contributed by atoms with E-state index in [0.29, 0.717) is 12.2 Å². The Hall–Kier alpha value is -3.58. The van der Waals surface area contributed by atoms with Crippen molar-refractivity contribution >= 4 is 28.9 Å². The lowest BCUT2D eigenvalue weighted by Gasteiger charge is -2.40. The van der Waals surface area contributed by atoms with Crippen LogP contribution in [0.15, 0.2) is 59.2 Å². The van der Waals surface area contributed by atoms with Gasteiger partial charge in [-0.2, -0.15) is 0 Å². The van der Waals surface area contributed by atoms with Crippen LogP contribution in [0.25, 0.3) is 11.1 Å². The number of amides is 2. The molecule has 3 aromatic rings. The van der Waals surface area contributed by atoms with Crippen LogP contribution in [0.3, 0.4) is 0 Å². The largest absolute Gasteiger partial charge is 0.459 e. The number of nitrogens with zero attached hydrogens (tertiary/aromatic N) is 3. The van der Waals surface area contributed by atoms with Gasteiger partial charge in [0.1, 0.15) is 0 Å². The van der Waals surface area contributed by atoms with Gasteiger partial charge in [0.2, 0.25) is 5.91 Å². The number of hydrogen-bond acceptors (Lipinski definition) is 5. The van der Waals surface area contributed by atoms with E-state index in [2.05, 4.69) is 23.6 Å². The molecule has 1 atom stereocenters. The van der Waals surface area contributed by atoms with Gasteiger partial charge in [-0.1, -0.05) is 12.1 Å². The molecule has 0 bridgehead atoms. The Kier molecular flexibility index (Phi) is 4.55. The van der Waals surface area contributed by atoms with E-state index in [1.54, 1.807) is 28.9 Å². The zero-order valence-electron chi connectivity index (χ0n) is 17.8. The third-order valence-corrected chi connectivity index (χ3v) is 6.01. The normalized spacial score (nSPS) is 17.5. The number of benzene rings is 2. The summed E-state index contributed by atoms with van der Waals surface area (Å²) in [7, 11) is 2.00. The minimum atomic E-state index is -0.210. The standard InChI is InChI=1S/C24H24N4O3/c1-15-14-27(24(30)23-5-4-10-31-23)22-12-18(7-9-21(22)28(15)16(2)29)17-6-8-20-19(11-17)13-25-26(20)3/h4-12,15,25H,13-14H2,1-3H3/t15-/m0/s1. The number of fused-ring (bicyclic) bond motifs is 2. The highest BCUT2D eigenvalue weighted by molar-refractivity contribution is 6.10. The van der Waals surface area contributed by atoms with Crippen LogP contribution in [0.5, 0.6) is 0 Å². The second-order valence-corrected chi connectivity index (χ2v) is 8.07. The Morgan fingerprint density at radius 1 is 1.03 bits per heavy atom. The predicted molar refractivity (Wildman–Crippen MR) is 120 cm³/mol. The molecular weight excluding hydrogens is 392 g/mol. The smallest absolute Gasteiger partial charge is 0.294 e. The molecule has 0 aliphatic carbocycles. The second-order valence-electron chi connectivity index (χ2n) is 8.07. The molecule has 0 unspecified atom stereocenters. The molecule has 0 spiro atoms. The Morgan fingerprint density at radius 3 is 2.48 bits per heavy atom. The number of hydrazine groups is 1. The molecule has 3 heterocycles. The molecule has 2 aromatic carbocycles. The Bertz CT molecular complexity index is 1170. The molecule has 0 fully saturated rings. The molecule has 7 heteroatoms. The fourth-order valence-electron chi connectivity index (χ4n) is 4.53. The molecule has 1 N–H and O–H groups in total. The van der Waals surface area contributed by atoms with E-state index < -0.39 is 0 Å². The van der Waals surface area contributed by atoms with Crippen LogP contribution in [-0.4, -0.2) is 31.4 Å². The first-order valence-electron chi connectivity index (χ1n) is 10.3. The van der Waals surface area contributed by atoms with E-state index in [9.17, 15) is 9.59 Å². The monoisotopic (exact) mass is 416 g/mol. The van der Waals surface area contributed by atoms with Crippen LogP contribution in [0.2, 0.25) is 0 Å². The molecule has 158 valence electrons. The summed E-state index contributed by atoms with van der Waals surface area (Å²) >= 11 is 0. The molecule has 0 radical (unpaired) electrons. The zero-order valence-corrected chi connectivity index (χ0v) is 17.8. The zero-order chi connectivity index (χ0) is 21.7. The van der Waals surface area contributed by atoms with Crippen molar-refractivity contribution in [2.24, 2.45) is 0 Å². The average Bonchev–Trinajstić information content (AvgIpc) is 3.42. The SMILES string of the molecule is CC(=O)N1c2ccc(-c3ccc4c(c3)CNN4C)cc2N(C(=O)c2ccco2)C[C@@H]1C. The lowest BCUT2D eigenvalue weighted by atomic mass is 9.98. The molecule has 2 aliphatic heterocycles. The average molecular weight is 416 g/mol. The molecule has 7 nitrogen and oxygen atoms in total. The number of carbonyl (C=O) groups is 2. The van der Waals surface area contributed by atoms with E-state index in [1.807, 2.05) is 37.2 Å². The van der Waals surface area contributed by atoms with Gasteiger partial charge in [0.05, 0.1) is 29.4 Å². The lowest BCUT2D eigenvalue weighted by molar-refractivity contribution is -0.117. The number of anilines is 3. The van der Waals surface area contributed by atoms with E-state index in [1.165, 1.54) is 11.8 Å². The van der Waals surface area contributed by atoms with Gasteiger partial charge in [-0.3, -0.25) is 9.59 Å². The van der Waals surface area contributed by atoms with Crippen LogP contribution in [0.1, 0.15) is 30.0 Å². The molecular formula is C24H24N4O3. The number of carbonyl (C=O) groups excluding carboxylic acids is 2. The van der Waals surface area contributed by atoms with E-state index in [-0.39, 0.29) is 23.6 Å². The summed E-state index contributed by atoms with van der Waals surface area (Å²) < 4.78 is 5.37.